The van der Waals surface area contributed by atoms with Gasteiger partial charge in [-0.05, 0) is 18.8 Å². The lowest BCUT2D eigenvalue weighted by Gasteiger charge is -2.38. The molecule has 2 heterocycles. The second-order valence-corrected chi connectivity index (χ2v) is 5.24. The summed E-state index contributed by atoms with van der Waals surface area (Å²) >= 11 is 0. The van der Waals surface area contributed by atoms with E-state index in [1.54, 1.807) is 0 Å². The molecular formula is C10H17N3O2. The van der Waals surface area contributed by atoms with Crippen LogP contribution in [0.15, 0.2) is 0 Å². The molecule has 15 heavy (non-hydrogen) atoms. The monoisotopic (exact) mass is 211 g/mol. The van der Waals surface area contributed by atoms with E-state index < -0.39 is 0 Å². The second kappa shape index (κ2) is 2.93. The van der Waals surface area contributed by atoms with Gasteiger partial charge in [0, 0.05) is 25.2 Å². The molecule has 0 spiro atoms. The maximum atomic E-state index is 11.0. The number of hydrogen-bond acceptors (Lipinski definition) is 4. The van der Waals surface area contributed by atoms with Crippen LogP contribution in [-0.4, -0.2) is 53.2 Å². The van der Waals surface area contributed by atoms with Gasteiger partial charge in [0.05, 0.1) is 12.1 Å². The second-order valence-electron chi connectivity index (χ2n) is 5.24. The van der Waals surface area contributed by atoms with Crippen molar-refractivity contribution in [2.75, 3.05) is 19.6 Å². The first-order valence-electron chi connectivity index (χ1n) is 5.56. The van der Waals surface area contributed by atoms with Gasteiger partial charge >= 0.3 is 0 Å². The van der Waals surface area contributed by atoms with Gasteiger partial charge in [-0.25, -0.2) is 0 Å². The number of rotatable bonds is 3. The quantitative estimate of drug-likeness (QED) is 0.518. The third-order valence-corrected chi connectivity index (χ3v) is 4.00. The van der Waals surface area contributed by atoms with Crippen molar-refractivity contribution in [1.82, 2.24) is 10.2 Å². The van der Waals surface area contributed by atoms with Gasteiger partial charge in [-0.1, -0.05) is 0 Å². The van der Waals surface area contributed by atoms with E-state index in [2.05, 4.69) is 10.2 Å². The average molecular weight is 211 g/mol. The number of aliphatic hydroxyl groups is 1. The molecule has 1 aliphatic carbocycles. The van der Waals surface area contributed by atoms with Crippen LogP contribution in [0.1, 0.15) is 12.8 Å². The number of amides is 1. The van der Waals surface area contributed by atoms with E-state index in [1.807, 2.05) is 0 Å². The average Bonchev–Trinajstić information content (AvgIpc) is 2.65. The van der Waals surface area contributed by atoms with Crippen molar-refractivity contribution in [3.8, 4) is 0 Å². The smallest absolute Gasteiger partial charge is 0.234 e. The normalized spacial score (nSPS) is 44.9. The Morgan fingerprint density at radius 3 is 2.87 bits per heavy atom. The molecule has 3 fully saturated rings. The van der Waals surface area contributed by atoms with Crippen molar-refractivity contribution >= 4 is 5.91 Å². The highest BCUT2D eigenvalue weighted by atomic mass is 16.3. The summed E-state index contributed by atoms with van der Waals surface area (Å²) in [4.78, 5) is 13.3. The highest BCUT2D eigenvalue weighted by molar-refractivity contribution is 5.80. The molecule has 2 aliphatic heterocycles. The minimum absolute atomic E-state index is 0.130. The molecule has 0 bridgehead atoms. The highest BCUT2D eigenvalue weighted by Gasteiger charge is 2.61. The fourth-order valence-corrected chi connectivity index (χ4v) is 3.05. The lowest BCUT2D eigenvalue weighted by atomic mass is 10.1. The van der Waals surface area contributed by atoms with Crippen molar-refractivity contribution in [3.63, 3.8) is 0 Å². The Bertz CT molecular complexity index is 303. The Balaban J connectivity index is 1.57. The van der Waals surface area contributed by atoms with Crippen LogP contribution < -0.4 is 11.1 Å². The molecule has 0 aromatic rings. The van der Waals surface area contributed by atoms with Crippen LogP contribution in [0.2, 0.25) is 0 Å². The van der Waals surface area contributed by atoms with Crippen molar-refractivity contribution in [3.05, 3.63) is 0 Å². The minimum Gasteiger partial charge on any atom is -0.390 e. The first kappa shape index (κ1) is 9.57. The summed E-state index contributed by atoms with van der Waals surface area (Å²) in [7, 11) is 0. The fraction of sp³-hybridized carbons (Fsp3) is 0.900. The Hall–Kier alpha value is -0.650. The molecular weight excluding hydrogens is 194 g/mol. The van der Waals surface area contributed by atoms with Gasteiger partial charge in [-0.15, -0.1) is 0 Å². The van der Waals surface area contributed by atoms with Gasteiger partial charge < -0.3 is 10.8 Å². The predicted octanol–water partition coefficient (Wildman–Crippen LogP) is -1.73. The number of fused-ring (bicyclic) bond motifs is 1. The topological polar surface area (TPSA) is 78.6 Å². The number of hydrogen-bond donors (Lipinski definition) is 3. The van der Waals surface area contributed by atoms with Crippen molar-refractivity contribution < 1.29 is 9.90 Å². The minimum atomic E-state index is -0.231. The third kappa shape index (κ3) is 1.46. The summed E-state index contributed by atoms with van der Waals surface area (Å²) in [6.45, 7) is 2.51. The number of carbonyl (C=O) groups is 1. The Kier molecular flexibility index (Phi) is 1.87. The fourth-order valence-electron chi connectivity index (χ4n) is 3.05. The van der Waals surface area contributed by atoms with E-state index in [-0.39, 0.29) is 23.6 Å². The van der Waals surface area contributed by atoms with E-state index in [9.17, 15) is 9.90 Å². The SMILES string of the molecule is NC(=O)C1CC2CC2(CN2CC(O)C2)N1. The maximum absolute atomic E-state index is 11.0. The third-order valence-electron chi connectivity index (χ3n) is 4.00. The molecule has 1 amide bonds. The number of likely N-dealkylation sites (tertiary alicyclic amines) is 1. The Morgan fingerprint density at radius 1 is 1.60 bits per heavy atom. The zero-order valence-electron chi connectivity index (χ0n) is 8.65. The molecule has 3 rings (SSSR count). The van der Waals surface area contributed by atoms with Crippen molar-refractivity contribution in [2.24, 2.45) is 11.7 Å². The molecule has 0 radical (unpaired) electrons. The Morgan fingerprint density at radius 2 is 2.33 bits per heavy atom. The number of nitrogens with zero attached hydrogens (tertiary/aromatic N) is 1. The molecule has 0 aromatic carbocycles. The number of piperidine rings is 1. The molecule has 3 atom stereocenters. The van der Waals surface area contributed by atoms with E-state index in [0.29, 0.717) is 5.92 Å². The first-order valence-corrected chi connectivity index (χ1v) is 5.56. The van der Waals surface area contributed by atoms with Crippen LogP contribution in [-0.2, 0) is 4.79 Å². The molecule has 0 aromatic heterocycles. The number of β-amino-alcohol motifs (C(OH)–C–C–N with tert-alkyl or cyclic N) is 1. The van der Waals surface area contributed by atoms with Crippen molar-refractivity contribution in [2.45, 2.75) is 30.5 Å². The van der Waals surface area contributed by atoms with Gasteiger partial charge in [0.1, 0.15) is 0 Å². The van der Waals surface area contributed by atoms with Crippen LogP contribution in [0.5, 0.6) is 0 Å². The van der Waals surface area contributed by atoms with E-state index in [4.69, 9.17) is 5.73 Å². The standard InChI is InChI=1S/C10H17N3O2/c11-9(15)8-1-6-2-10(6,12-8)5-13-3-7(14)4-13/h6-8,12,14H,1-5H2,(H2,11,15). The Labute approximate surface area is 88.6 Å². The van der Waals surface area contributed by atoms with Gasteiger partial charge in [-0.2, -0.15) is 0 Å². The van der Waals surface area contributed by atoms with Crippen LogP contribution in [0.4, 0.5) is 0 Å². The highest BCUT2D eigenvalue weighted by Crippen LogP contribution is 2.52. The van der Waals surface area contributed by atoms with Gasteiger partial charge in [0.2, 0.25) is 5.91 Å². The molecule has 4 N–H and O–H groups in total. The molecule has 3 aliphatic rings. The summed E-state index contributed by atoms with van der Waals surface area (Å²) in [5.74, 6) is 0.387. The molecule has 5 nitrogen and oxygen atoms in total. The number of carbonyl (C=O) groups excluding carboxylic acids is 1. The van der Waals surface area contributed by atoms with Crippen molar-refractivity contribution in [1.29, 1.82) is 0 Å². The summed E-state index contributed by atoms with van der Waals surface area (Å²) in [5, 5.41) is 12.6. The lowest BCUT2D eigenvalue weighted by molar-refractivity contribution is -0.120. The van der Waals surface area contributed by atoms with E-state index in [1.165, 1.54) is 0 Å². The predicted molar refractivity (Wildman–Crippen MR) is 54.0 cm³/mol. The molecule has 5 heteroatoms. The summed E-state index contributed by atoms with van der Waals surface area (Å²) in [6, 6.07) is -0.130. The van der Waals surface area contributed by atoms with Crippen LogP contribution in [0.3, 0.4) is 0 Å². The number of aliphatic hydroxyl groups excluding tert-OH is 1. The van der Waals surface area contributed by atoms with E-state index >= 15 is 0 Å². The summed E-state index contributed by atoms with van der Waals surface area (Å²) in [6.07, 6.45) is 1.90. The van der Waals surface area contributed by atoms with Gasteiger partial charge in [0.15, 0.2) is 0 Å². The largest absolute Gasteiger partial charge is 0.390 e. The van der Waals surface area contributed by atoms with Crippen LogP contribution >= 0.6 is 0 Å². The first-order chi connectivity index (χ1) is 7.09. The number of primary amides is 1. The maximum Gasteiger partial charge on any atom is 0.234 e. The number of nitrogens with one attached hydrogen (secondary N) is 1. The molecule has 2 saturated heterocycles. The molecule has 3 unspecified atom stereocenters. The van der Waals surface area contributed by atoms with Gasteiger partial charge in [0.25, 0.3) is 0 Å². The van der Waals surface area contributed by atoms with E-state index in [0.717, 1.165) is 32.5 Å². The van der Waals surface area contributed by atoms with Crippen LogP contribution in [0, 0.1) is 5.92 Å². The zero-order valence-corrected chi connectivity index (χ0v) is 8.65. The number of nitrogens with two attached hydrogens (primary N) is 1. The summed E-state index contributed by atoms with van der Waals surface area (Å²) in [5.41, 5.74) is 5.42. The summed E-state index contributed by atoms with van der Waals surface area (Å²) < 4.78 is 0. The lowest BCUT2D eigenvalue weighted by Crippen LogP contribution is -2.57. The molecule has 1 saturated carbocycles. The van der Waals surface area contributed by atoms with Crippen LogP contribution in [0.25, 0.3) is 0 Å². The zero-order chi connectivity index (χ0) is 10.6. The molecule has 84 valence electrons. The van der Waals surface area contributed by atoms with Gasteiger partial charge in [-0.3, -0.25) is 15.0 Å².